The maximum absolute atomic E-state index is 13.9. The minimum Gasteiger partial charge on any atom is -0.381 e. The van der Waals surface area contributed by atoms with E-state index in [-0.39, 0.29) is 11.7 Å². The molecule has 2 aliphatic rings. The summed E-state index contributed by atoms with van der Waals surface area (Å²) in [7, 11) is -3.35. The van der Waals surface area contributed by atoms with Crippen LogP contribution in [-0.4, -0.2) is 35.6 Å². The quantitative estimate of drug-likeness (QED) is 0.370. The molecule has 0 saturated carbocycles. The molecule has 1 atom stereocenters. The Balaban J connectivity index is 1.68. The van der Waals surface area contributed by atoms with Gasteiger partial charge in [0.1, 0.15) is 5.82 Å². The predicted molar refractivity (Wildman–Crippen MR) is 138 cm³/mol. The highest BCUT2D eigenvalue weighted by Gasteiger charge is 2.29. The fourth-order valence-corrected chi connectivity index (χ4v) is 6.05. The lowest BCUT2D eigenvalue weighted by atomic mass is 9.89. The molecule has 6 rings (SSSR count). The van der Waals surface area contributed by atoms with Crippen LogP contribution < -0.4 is 5.30 Å². The van der Waals surface area contributed by atoms with Crippen LogP contribution >= 0.6 is 7.37 Å². The zero-order valence-corrected chi connectivity index (χ0v) is 20.3. The molecule has 4 aromatic rings. The van der Waals surface area contributed by atoms with Gasteiger partial charge in [0.05, 0.1) is 12.1 Å². The summed E-state index contributed by atoms with van der Waals surface area (Å²) < 4.78 is 34.0. The monoisotopic (exact) mass is 488 g/mol. The van der Waals surface area contributed by atoms with E-state index < -0.39 is 7.37 Å². The largest absolute Gasteiger partial charge is 0.381 e. The van der Waals surface area contributed by atoms with Crippen LogP contribution in [0.25, 0.3) is 27.7 Å². The second kappa shape index (κ2) is 8.56. The van der Waals surface area contributed by atoms with E-state index in [1.807, 2.05) is 30.5 Å². The zero-order chi connectivity index (χ0) is 24.2. The van der Waals surface area contributed by atoms with Gasteiger partial charge in [-0.15, -0.1) is 0 Å². The standard InChI is InChI=1S/C28H26FN2O3P/c1-35(32,33)24-8-2-18(3-9-24)27-25-14-20-16-30-17-21(20)15-26(25)31(23-6-4-22(29)5-7-23)28(27)19-10-12-34-13-11-19/h2-9,14-15,17,19H,10-13,16H2,1H3,(H,32,33). The van der Waals surface area contributed by atoms with Gasteiger partial charge in [-0.2, -0.15) is 0 Å². The van der Waals surface area contributed by atoms with Gasteiger partial charge < -0.3 is 14.2 Å². The Morgan fingerprint density at radius 3 is 2.46 bits per heavy atom. The van der Waals surface area contributed by atoms with Crippen molar-refractivity contribution in [2.45, 2.75) is 25.3 Å². The van der Waals surface area contributed by atoms with Gasteiger partial charge in [0.15, 0.2) is 0 Å². The summed E-state index contributed by atoms with van der Waals surface area (Å²) in [6.45, 7) is 3.40. The van der Waals surface area contributed by atoms with Gasteiger partial charge in [0.25, 0.3) is 0 Å². The van der Waals surface area contributed by atoms with E-state index in [0.717, 1.165) is 46.1 Å². The summed E-state index contributed by atoms with van der Waals surface area (Å²) in [5.41, 5.74) is 7.52. The molecule has 0 bridgehead atoms. The number of hydrogen-bond donors (Lipinski definition) is 1. The van der Waals surface area contributed by atoms with Crippen molar-refractivity contribution in [2.24, 2.45) is 4.99 Å². The molecule has 5 nitrogen and oxygen atoms in total. The van der Waals surface area contributed by atoms with Crippen molar-refractivity contribution in [3.8, 4) is 16.8 Å². The summed E-state index contributed by atoms with van der Waals surface area (Å²) >= 11 is 0. The number of benzene rings is 3. The van der Waals surface area contributed by atoms with Crippen LogP contribution in [0.1, 0.15) is 35.6 Å². The number of aliphatic imine (C=N–C) groups is 1. The molecule has 1 N–H and O–H groups in total. The summed E-state index contributed by atoms with van der Waals surface area (Å²) in [5.74, 6) is -0.0100. The molecule has 3 heterocycles. The van der Waals surface area contributed by atoms with E-state index in [9.17, 15) is 13.8 Å². The van der Waals surface area contributed by atoms with Crippen LogP contribution in [0.5, 0.6) is 0 Å². The molecule has 178 valence electrons. The van der Waals surface area contributed by atoms with Crippen molar-refractivity contribution < 1.29 is 18.6 Å². The van der Waals surface area contributed by atoms with Crippen LogP contribution in [0.2, 0.25) is 0 Å². The molecular weight excluding hydrogens is 462 g/mol. The van der Waals surface area contributed by atoms with Crippen molar-refractivity contribution in [3.05, 3.63) is 83.3 Å². The van der Waals surface area contributed by atoms with Gasteiger partial charge >= 0.3 is 0 Å². The molecule has 0 radical (unpaired) electrons. The van der Waals surface area contributed by atoms with Gasteiger partial charge in [0.2, 0.25) is 7.37 Å². The van der Waals surface area contributed by atoms with Gasteiger partial charge in [0, 0.05) is 59.6 Å². The van der Waals surface area contributed by atoms with E-state index in [2.05, 4.69) is 21.7 Å². The third kappa shape index (κ3) is 3.96. The molecule has 1 saturated heterocycles. The third-order valence-corrected chi connectivity index (χ3v) is 8.34. The molecule has 7 heteroatoms. The van der Waals surface area contributed by atoms with Crippen molar-refractivity contribution in [3.63, 3.8) is 0 Å². The first-order chi connectivity index (χ1) is 16.9. The second-order valence-electron chi connectivity index (χ2n) is 9.42. The zero-order valence-electron chi connectivity index (χ0n) is 19.4. The molecule has 1 aromatic heterocycles. The lowest BCUT2D eigenvalue weighted by Gasteiger charge is -2.26. The number of ether oxygens (including phenoxy) is 1. The molecule has 35 heavy (non-hydrogen) atoms. The summed E-state index contributed by atoms with van der Waals surface area (Å²) in [5, 5.41) is 1.54. The normalized spacial score (nSPS) is 17.6. The molecular formula is C28H26FN2O3P. The Bertz CT molecular complexity index is 1490. The SMILES string of the molecule is CP(=O)(O)c1ccc(-c2c(C3CCOCC3)n(-c3ccc(F)cc3)c3cc4c(cc23)CN=C4)cc1. The molecule has 2 aliphatic heterocycles. The second-order valence-corrected chi connectivity index (χ2v) is 11.7. The molecule has 3 aromatic carbocycles. The minimum absolute atomic E-state index is 0.259. The average Bonchev–Trinajstić information content (AvgIpc) is 3.45. The third-order valence-electron chi connectivity index (χ3n) is 7.08. The first-order valence-corrected chi connectivity index (χ1v) is 14.0. The molecule has 1 fully saturated rings. The fourth-order valence-electron chi connectivity index (χ4n) is 5.35. The van der Waals surface area contributed by atoms with Crippen molar-refractivity contribution >= 4 is 29.8 Å². The lowest BCUT2D eigenvalue weighted by Crippen LogP contribution is -2.17. The molecule has 0 amide bonds. The highest BCUT2D eigenvalue weighted by atomic mass is 31.2. The van der Waals surface area contributed by atoms with Gasteiger partial charge in [-0.05, 0) is 78.1 Å². The van der Waals surface area contributed by atoms with Crippen LogP contribution in [0, 0.1) is 5.82 Å². The predicted octanol–water partition coefficient (Wildman–Crippen LogP) is 5.79. The first-order valence-electron chi connectivity index (χ1n) is 11.9. The van der Waals surface area contributed by atoms with E-state index >= 15 is 0 Å². The topological polar surface area (TPSA) is 63.8 Å². The Labute approximate surface area is 203 Å². The summed E-state index contributed by atoms with van der Waals surface area (Å²) in [4.78, 5) is 14.5. The first kappa shape index (κ1) is 22.4. The Hall–Kier alpha value is -3.05. The maximum Gasteiger partial charge on any atom is 0.226 e. The highest BCUT2D eigenvalue weighted by molar-refractivity contribution is 7.65. The minimum atomic E-state index is -3.35. The molecule has 1 unspecified atom stereocenters. The Morgan fingerprint density at radius 1 is 1.06 bits per heavy atom. The van der Waals surface area contributed by atoms with E-state index in [0.29, 0.717) is 25.1 Å². The van der Waals surface area contributed by atoms with Gasteiger partial charge in [-0.25, -0.2) is 4.39 Å². The smallest absolute Gasteiger partial charge is 0.226 e. The van der Waals surface area contributed by atoms with E-state index in [1.54, 1.807) is 12.1 Å². The average molecular weight is 488 g/mol. The molecule has 0 spiro atoms. The maximum atomic E-state index is 13.9. The Kier molecular flexibility index (Phi) is 5.48. The van der Waals surface area contributed by atoms with Crippen LogP contribution in [0.15, 0.2) is 65.7 Å². The highest BCUT2D eigenvalue weighted by Crippen LogP contribution is 2.45. The van der Waals surface area contributed by atoms with Gasteiger partial charge in [-0.1, -0.05) is 12.1 Å². The van der Waals surface area contributed by atoms with Crippen molar-refractivity contribution in [1.29, 1.82) is 0 Å². The number of aromatic nitrogens is 1. The van der Waals surface area contributed by atoms with Crippen LogP contribution in [0.4, 0.5) is 4.39 Å². The van der Waals surface area contributed by atoms with E-state index in [1.165, 1.54) is 30.1 Å². The van der Waals surface area contributed by atoms with Crippen molar-refractivity contribution in [2.75, 3.05) is 19.9 Å². The summed E-state index contributed by atoms with van der Waals surface area (Å²) in [6, 6.07) is 18.4. The number of nitrogens with zero attached hydrogens (tertiary/aromatic N) is 2. The number of hydrogen-bond acceptors (Lipinski definition) is 3. The Morgan fingerprint density at radius 2 is 1.77 bits per heavy atom. The fraction of sp³-hybridized carbons (Fsp3) is 0.250. The number of halogens is 1. The van der Waals surface area contributed by atoms with Crippen LogP contribution in [0.3, 0.4) is 0 Å². The summed E-state index contributed by atoms with van der Waals surface area (Å²) in [6.07, 6.45) is 3.70. The van der Waals surface area contributed by atoms with Crippen molar-refractivity contribution in [1.82, 2.24) is 4.57 Å². The number of fused-ring (bicyclic) bond motifs is 2. The molecule has 0 aliphatic carbocycles. The van der Waals surface area contributed by atoms with Crippen LogP contribution in [-0.2, 0) is 15.8 Å². The van der Waals surface area contributed by atoms with Gasteiger partial charge in [-0.3, -0.25) is 9.56 Å². The lowest BCUT2D eigenvalue weighted by molar-refractivity contribution is 0.0843. The number of rotatable bonds is 4. The van der Waals surface area contributed by atoms with E-state index in [4.69, 9.17) is 4.74 Å².